The Morgan fingerprint density at radius 1 is 1.59 bits per heavy atom. The molecule has 0 spiro atoms. The molecule has 0 amide bonds. The van der Waals surface area contributed by atoms with Crippen molar-refractivity contribution in [3.8, 4) is 0 Å². The Hall–Kier alpha value is -1.55. The van der Waals surface area contributed by atoms with Crippen LogP contribution in [0.15, 0.2) is 28.9 Å². The lowest BCUT2D eigenvalue weighted by Gasteiger charge is -2.17. The molecular weight excluding hydrogens is 218 g/mol. The zero-order valence-electron chi connectivity index (χ0n) is 10.6. The van der Waals surface area contributed by atoms with E-state index in [1.165, 1.54) is 11.0 Å². The van der Waals surface area contributed by atoms with Gasteiger partial charge in [-0.25, -0.2) is 4.79 Å². The lowest BCUT2D eigenvalue weighted by atomic mass is 10.3. The maximum Gasteiger partial charge on any atom is 0.331 e. The number of quaternary nitrogens is 1. The molecule has 4 heteroatoms. The molecule has 0 saturated carbocycles. The number of carbonyl (C=O) groups is 1. The van der Waals surface area contributed by atoms with Gasteiger partial charge in [0.05, 0.1) is 19.4 Å². The molecular formula is C13H20NO3+. The molecule has 1 heterocycles. The number of hydrogen-bond donors (Lipinski definition) is 1. The van der Waals surface area contributed by atoms with Crippen LogP contribution in [0.1, 0.15) is 19.6 Å². The number of ether oxygens (including phenoxy) is 1. The van der Waals surface area contributed by atoms with Crippen LogP contribution in [0.3, 0.4) is 0 Å². The largest absolute Gasteiger partial charge is 0.465 e. The molecule has 0 radical (unpaired) electrons. The van der Waals surface area contributed by atoms with Gasteiger partial charge in [0, 0.05) is 6.08 Å². The van der Waals surface area contributed by atoms with E-state index in [1.807, 2.05) is 0 Å². The van der Waals surface area contributed by atoms with Crippen molar-refractivity contribution in [1.82, 2.24) is 0 Å². The molecule has 1 unspecified atom stereocenters. The molecule has 1 rings (SSSR count). The summed E-state index contributed by atoms with van der Waals surface area (Å²) in [7, 11) is 2.08. The maximum absolute atomic E-state index is 11.3. The second kappa shape index (κ2) is 6.91. The van der Waals surface area contributed by atoms with Gasteiger partial charge in [-0.05, 0) is 32.1 Å². The van der Waals surface area contributed by atoms with Crippen LogP contribution in [0.2, 0.25) is 0 Å². The first-order chi connectivity index (χ1) is 8.09. The highest BCUT2D eigenvalue weighted by Gasteiger charge is 2.07. The summed E-state index contributed by atoms with van der Waals surface area (Å²) in [6.07, 6.45) is 4.54. The van der Waals surface area contributed by atoms with Crippen LogP contribution in [0.4, 0.5) is 0 Å². The molecule has 1 aromatic rings. The molecule has 1 N–H and O–H groups in total. The monoisotopic (exact) mass is 238 g/mol. The van der Waals surface area contributed by atoms with E-state index in [4.69, 9.17) is 9.15 Å². The number of furan rings is 1. The van der Waals surface area contributed by atoms with Gasteiger partial charge in [0.15, 0.2) is 0 Å². The van der Waals surface area contributed by atoms with E-state index < -0.39 is 0 Å². The normalized spacial score (nSPS) is 13.2. The highest BCUT2D eigenvalue weighted by molar-refractivity contribution is 5.86. The number of hydrogen-bond acceptors (Lipinski definition) is 3. The molecule has 4 nitrogen and oxygen atoms in total. The zero-order chi connectivity index (χ0) is 12.7. The van der Waals surface area contributed by atoms with Gasteiger partial charge < -0.3 is 14.1 Å². The smallest absolute Gasteiger partial charge is 0.331 e. The van der Waals surface area contributed by atoms with Crippen LogP contribution in [0.25, 0.3) is 6.08 Å². The number of likely N-dealkylation sites (N-methyl/N-ethyl adjacent to an activating group) is 1. The summed E-state index contributed by atoms with van der Waals surface area (Å²) in [6.45, 7) is 5.52. The molecule has 0 aromatic carbocycles. The van der Waals surface area contributed by atoms with Crippen LogP contribution in [0.5, 0.6) is 0 Å². The number of carbonyl (C=O) groups excluding carboxylic acids is 1. The molecule has 0 aliphatic rings. The third-order valence-corrected chi connectivity index (χ3v) is 2.65. The molecule has 0 fully saturated rings. The van der Waals surface area contributed by atoms with Gasteiger partial charge in [-0.3, -0.25) is 0 Å². The van der Waals surface area contributed by atoms with Crippen LogP contribution in [-0.2, 0) is 9.53 Å². The average Bonchev–Trinajstić information content (AvgIpc) is 2.78. The maximum atomic E-state index is 11.3. The lowest BCUT2D eigenvalue weighted by Crippen LogP contribution is -3.12. The SMILES string of the molecule is CC(C)[NH+](C)CCOC(=O)C=Cc1ccco1. The first-order valence-corrected chi connectivity index (χ1v) is 5.80. The summed E-state index contributed by atoms with van der Waals surface area (Å²) in [5, 5.41) is 0. The molecule has 0 saturated heterocycles. The molecule has 17 heavy (non-hydrogen) atoms. The topological polar surface area (TPSA) is 43.9 Å². The third-order valence-electron chi connectivity index (χ3n) is 2.65. The Morgan fingerprint density at radius 2 is 2.35 bits per heavy atom. The molecule has 94 valence electrons. The Kier molecular flexibility index (Phi) is 5.49. The molecule has 0 aliphatic heterocycles. The number of nitrogens with one attached hydrogen (secondary N) is 1. The van der Waals surface area contributed by atoms with Crippen molar-refractivity contribution >= 4 is 12.0 Å². The van der Waals surface area contributed by atoms with Gasteiger partial charge in [-0.2, -0.15) is 0 Å². The van der Waals surface area contributed by atoms with E-state index in [-0.39, 0.29) is 5.97 Å². The second-order valence-electron chi connectivity index (χ2n) is 4.27. The van der Waals surface area contributed by atoms with Gasteiger partial charge in [-0.1, -0.05) is 0 Å². The fourth-order valence-corrected chi connectivity index (χ4v) is 1.19. The van der Waals surface area contributed by atoms with E-state index in [9.17, 15) is 4.79 Å². The Bertz CT molecular complexity index is 355. The van der Waals surface area contributed by atoms with Gasteiger partial charge in [0.2, 0.25) is 0 Å². The van der Waals surface area contributed by atoms with E-state index in [2.05, 4.69) is 20.9 Å². The number of rotatable bonds is 6. The van der Waals surface area contributed by atoms with Crippen LogP contribution in [-0.4, -0.2) is 32.2 Å². The molecule has 0 aliphatic carbocycles. The highest BCUT2D eigenvalue weighted by Crippen LogP contribution is 2.01. The predicted molar refractivity (Wildman–Crippen MR) is 65.6 cm³/mol. The van der Waals surface area contributed by atoms with Gasteiger partial charge in [0.1, 0.15) is 18.9 Å². The molecule has 1 atom stereocenters. The minimum absolute atomic E-state index is 0.335. The fourth-order valence-electron chi connectivity index (χ4n) is 1.19. The number of esters is 1. The van der Waals surface area contributed by atoms with E-state index in [1.54, 1.807) is 24.5 Å². The third kappa shape index (κ3) is 5.36. The Labute approximate surface area is 102 Å². The van der Waals surface area contributed by atoms with Crippen LogP contribution < -0.4 is 4.90 Å². The summed E-state index contributed by atoms with van der Waals surface area (Å²) < 4.78 is 10.1. The minimum Gasteiger partial charge on any atom is -0.465 e. The van der Waals surface area contributed by atoms with Crippen molar-refractivity contribution in [3.63, 3.8) is 0 Å². The van der Waals surface area contributed by atoms with E-state index in [0.29, 0.717) is 18.4 Å². The quantitative estimate of drug-likeness (QED) is 0.588. The summed E-state index contributed by atoms with van der Waals surface area (Å²) in [6, 6.07) is 4.08. The van der Waals surface area contributed by atoms with Crippen molar-refractivity contribution in [2.45, 2.75) is 19.9 Å². The van der Waals surface area contributed by atoms with Crippen molar-refractivity contribution in [2.24, 2.45) is 0 Å². The summed E-state index contributed by atoms with van der Waals surface area (Å²) in [4.78, 5) is 12.7. The van der Waals surface area contributed by atoms with Gasteiger partial charge >= 0.3 is 5.97 Å². The highest BCUT2D eigenvalue weighted by atomic mass is 16.5. The van der Waals surface area contributed by atoms with Crippen LogP contribution >= 0.6 is 0 Å². The first-order valence-electron chi connectivity index (χ1n) is 5.80. The standard InChI is InChI=1S/C13H19NO3/c1-11(2)14(3)8-10-17-13(15)7-6-12-5-4-9-16-12/h4-7,9,11H,8,10H2,1-3H3/p+1. The summed E-state index contributed by atoms with van der Waals surface area (Å²) in [5.41, 5.74) is 0. The second-order valence-corrected chi connectivity index (χ2v) is 4.27. The first kappa shape index (κ1) is 13.5. The van der Waals surface area contributed by atoms with E-state index >= 15 is 0 Å². The average molecular weight is 238 g/mol. The van der Waals surface area contributed by atoms with Gasteiger partial charge in [-0.15, -0.1) is 0 Å². The van der Waals surface area contributed by atoms with Crippen LogP contribution in [0, 0.1) is 0 Å². The summed E-state index contributed by atoms with van der Waals surface area (Å²) >= 11 is 0. The Morgan fingerprint density at radius 3 is 2.94 bits per heavy atom. The van der Waals surface area contributed by atoms with Crippen molar-refractivity contribution < 1.29 is 18.8 Å². The Balaban J connectivity index is 2.22. The van der Waals surface area contributed by atoms with Gasteiger partial charge in [0.25, 0.3) is 0 Å². The summed E-state index contributed by atoms with van der Waals surface area (Å²) in [5.74, 6) is 0.310. The van der Waals surface area contributed by atoms with Crippen molar-refractivity contribution in [1.29, 1.82) is 0 Å². The molecule has 1 aromatic heterocycles. The molecule has 0 bridgehead atoms. The minimum atomic E-state index is -0.335. The zero-order valence-corrected chi connectivity index (χ0v) is 10.6. The lowest BCUT2D eigenvalue weighted by molar-refractivity contribution is -0.901. The van der Waals surface area contributed by atoms with Crippen molar-refractivity contribution in [3.05, 3.63) is 30.2 Å². The van der Waals surface area contributed by atoms with Crippen molar-refractivity contribution in [2.75, 3.05) is 20.2 Å². The predicted octanol–water partition coefficient (Wildman–Crippen LogP) is 0.759. The fraction of sp³-hybridized carbons (Fsp3) is 0.462. The van der Waals surface area contributed by atoms with E-state index in [0.717, 1.165) is 6.54 Å².